The van der Waals surface area contributed by atoms with Crippen molar-refractivity contribution in [3.05, 3.63) is 35.1 Å². The minimum absolute atomic E-state index is 0.251. The highest BCUT2D eigenvalue weighted by atomic mass is 19.4. The Kier molecular flexibility index (Phi) is 3.91. The topological polar surface area (TPSA) is 9.23 Å². The number of rotatable bonds is 3. The normalized spacial score (nSPS) is 13.9. The van der Waals surface area contributed by atoms with Crippen LogP contribution < -0.4 is 0 Å². The maximum Gasteiger partial charge on any atom is 0.416 e. The first-order chi connectivity index (χ1) is 7.34. The van der Waals surface area contributed by atoms with E-state index in [1.54, 1.807) is 6.92 Å². The van der Waals surface area contributed by atoms with Gasteiger partial charge < -0.3 is 4.74 Å². The summed E-state index contributed by atoms with van der Waals surface area (Å²) in [5.41, 5.74) is -0.681. The zero-order valence-corrected chi connectivity index (χ0v) is 8.94. The molecule has 0 bridgehead atoms. The molecule has 0 radical (unpaired) electrons. The fourth-order valence-electron chi connectivity index (χ4n) is 1.41. The van der Waals surface area contributed by atoms with Crippen molar-refractivity contribution in [3.8, 4) is 0 Å². The van der Waals surface area contributed by atoms with Crippen LogP contribution in [0.2, 0.25) is 0 Å². The summed E-state index contributed by atoms with van der Waals surface area (Å²) in [6.07, 6.45) is -4.52. The Labute approximate surface area is 91.0 Å². The van der Waals surface area contributed by atoms with Crippen LogP contribution in [0.15, 0.2) is 18.2 Å². The molecule has 0 aliphatic carbocycles. The molecule has 0 amide bonds. The van der Waals surface area contributed by atoms with Crippen LogP contribution in [0.5, 0.6) is 0 Å². The van der Waals surface area contributed by atoms with E-state index in [4.69, 9.17) is 4.74 Å². The van der Waals surface area contributed by atoms with E-state index in [0.29, 0.717) is 6.07 Å². The van der Waals surface area contributed by atoms with Crippen molar-refractivity contribution in [1.29, 1.82) is 0 Å². The van der Waals surface area contributed by atoms with Crippen molar-refractivity contribution in [2.24, 2.45) is 0 Å². The standard InChI is InChI=1S/C11H12F4O/c1-7(6-16-2)8-3-9(11(13,14)15)5-10(12)4-8/h3-5,7H,6H2,1-2H3. The third kappa shape index (κ3) is 3.20. The van der Waals surface area contributed by atoms with Gasteiger partial charge in [-0.1, -0.05) is 6.92 Å². The van der Waals surface area contributed by atoms with Crippen molar-refractivity contribution in [2.75, 3.05) is 13.7 Å². The highest BCUT2D eigenvalue weighted by Crippen LogP contribution is 2.32. The third-order valence-electron chi connectivity index (χ3n) is 2.23. The van der Waals surface area contributed by atoms with E-state index in [9.17, 15) is 17.6 Å². The molecule has 1 nitrogen and oxygen atoms in total. The molecule has 0 heterocycles. The van der Waals surface area contributed by atoms with Gasteiger partial charge in [0.15, 0.2) is 0 Å². The van der Waals surface area contributed by atoms with Crippen LogP contribution in [0.25, 0.3) is 0 Å². The minimum atomic E-state index is -4.52. The molecule has 0 saturated heterocycles. The van der Waals surface area contributed by atoms with E-state index in [1.807, 2.05) is 0 Å². The number of benzene rings is 1. The number of ether oxygens (including phenoxy) is 1. The summed E-state index contributed by atoms with van der Waals surface area (Å²) in [4.78, 5) is 0. The van der Waals surface area contributed by atoms with Gasteiger partial charge in [-0.25, -0.2) is 4.39 Å². The largest absolute Gasteiger partial charge is 0.416 e. The van der Waals surface area contributed by atoms with Crippen LogP contribution in [0.1, 0.15) is 24.0 Å². The van der Waals surface area contributed by atoms with E-state index >= 15 is 0 Å². The van der Waals surface area contributed by atoms with Gasteiger partial charge in [0.1, 0.15) is 5.82 Å². The molecule has 0 fully saturated rings. The lowest BCUT2D eigenvalue weighted by Gasteiger charge is -2.14. The third-order valence-corrected chi connectivity index (χ3v) is 2.23. The van der Waals surface area contributed by atoms with E-state index < -0.39 is 17.6 Å². The van der Waals surface area contributed by atoms with Crippen molar-refractivity contribution in [1.82, 2.24) is 0 Å². The average molecular weight is 236 g/mol. The fraction of sp³-hybridized carbons (Fsp3) is 0.455. The summed E-state index contributed by atoms with van der Waals surface area (Å²) >= 11 is 0. The summed E-state index contributed by atoms with van der Waals surface area (Å²) in [5, 5.41) is 0. The van der Waals surface area contributed by atoms with Gasteiger partial charge in [0.25, 0.3) is 0 Å². The van der Waals surface area contributed by atoms with Gasteiger partial charge in [-0.15, -0.1) is 0 Å². The zero-order valence-electron chi connectivity index (χ0n) is 8.94. The molecule has 0 aliphatic rings. The lowest BCUT2D eigenvalue weighted by molar-refractivity contribution is -0.137. The Bertz CT molecular complexity index is 359. The maximum absolute atomic E-state index is 13.0. The van der Waals surface area contributed by atoms with Gasteiger partial charge in [-0.2, -0.15) is 13.2 Å². The molecule has 0 spiro atoms. The van der Waals surface area contributed by atoms with Crippen molar-refractivity contribution in [3.63, 3.8) is 0 Å². The maximum atomic E-state index is 13.0. The van der Waals surface area contributed by atoms with E-state index in [2.05, 4.69) is 0 Å². The summed E-state index contributed by atoms with van der Waals surface area (Å²) in [5.74, 6) is -1.16. The zero-order chi connectivity index (χ0) is 12.3. The van der Waals surface area contributed by atoms with Crippen LogP contribution in [0.4, 0.5) is 17.6 Å². The van der Waals surface area contributed by atoms with Crippen molar-refractivity contribution >= 4 is 0 Å². The van der Waals surface area contributed by atoms with Gasteiger partial charge >= 0.3 is 6.18 Å². The van der Waals surface area contributed by atoms with E-state index in [0.717, 1.165) is 12.1 Å². The highest BCUT2D eigenvalue weighted by molar-refractivity contribution is 5.29. The highest BCUT2D eigenvalue weighted by Gasteiger charge is 2.31. The molecule has 1 aromatic carbocycles. The van der Waals surface area contributed by atoms with Gasteiger partial charge in [0, 0.05) is 13.0 Å². The van der Waals surface area contributed by atoms with Gasteiger partial charge in [-0.05, 0) is 23.8 Å². The van der Waals surface area contributed by atoms with E-state index in [-0.39, 0.29) is 18.1 Å². The molecule has 1 unspecified atom stereocenters. The number of methoxy groups -OCH3 is 1. The molecule has 1 atom stereocenters. The Morgan fingerprint density at radius 1 is 1.25 bits per heavy atom. The summed E-state index contributed by atoms with van der Waals surface area (Å²) in [7, 11) is 1.44. The predicted molar refractivity (Wildman–Crippen MR) is 51.7 cm³/mol. The molecular formula is C11H12F4O. The van der Waals surface area contributed by atoms with Crippen LogP contribution in [-0.2, 0) is 10.9 Å². The van der Waals surface area contributed by atoms with E-state index in [1.165, 1.54) is 7.11 Å². The molecule has 1 aromatic rings. The second kappa shape index (κ2) is 4.82. The molecule has 90 valence electrons. The van der Waals surface area contributed by atoms with Crippen LogP contribution in [0, 0.1) is 5.82 Å². The monoisotopic (exact) mass is 236 g/mol. The first-order valence-corrected chi connectivity index (χ1v) is 4.71. The molecule has 0 aromatic heterocycles. The molecule has 0 saturated carbocycles. The van der Waals surface area contributed by atoms with Crippen molar-refractivity contribution < 1.29 is 22.3 Å². The molecule has 1 rings (SSSR count). The van der Waals surface area contributed by atoms with Gasteiger partial charge in [0.2, 0.25) is 0 Å². The fourth-order valence-corrected chi connectivity index (χ4v) is 1.41. The summed E-state index contributed by atoms with van der Waals surface area (Å²) < 4.78 is 55.0. The van der Waals surface area contributed by atoms with Crippen molar-refractivity contribution in [2.45, 2.75) is 19.0 Å². The minimum Gasteiger partial charge on any atom is -0.384 e. The molecule has 5 heteroatoms. The summed E-state index contributed by atoms with van der Waals surface area (Å²) in [6, 6.07) is 2.54. The Morgan fingerprint density at radius 2 is 1.88 bits per heavy atom. The predicted octanol–water partition coefficient (Wildman–Crippen LogP) is 3.59. The molecule has 0 aliphatic heterocycles. The Hall–Kier alpha value is -1.10. The molecular weight excluding hydrogens is 224 g/mol. The van der Waals surface area contributed by atoms with Crippen LogP contribution in [-0.4, -0.2) is 13.7 Å². The van der Waals surface area contributed by atoms with Crippen LogP contribution >= 0.6 is 0 Å². The quantitative estimate of drug-likeness (QED) is 0.728. The molecule has 16 heavy (non-hydrogen) atoms. The lowest BCUT2D eigenvalue weighted by atomic mass is 9.99. The average Bonchev–Trinajstić information content (AvgIpc) is 2.16. The summed E-state index contributed by atoms with van der Waals surface area (Å²) in [6.45, 7) is 1.93. The Balaban J connectivity index is 3.08. The second-order valence-corrected chi connectivity index (χ2v) is 3.63. The van der Waals surface area contributed by atoms with Gasteiger partial charge in [0.05, 0.1) is 12.2 Å². The number of hydrogen-bond donors (Lipinski definition) is 0. The smallest absolute Gasteiger partial charge is 0.384 e. The SMILES string of the molecule is COCC(C)c1cc(F)cc(C(F)(F)F)c1. The molecule has 0 N–H and O–H groups in total. The first-order valence-electron chi connectivity index (χ1n) is 4.71. The number of halogens is 4. The Morgan fingerprint density at radius 3 is 2.38 bits per heavy atom. The number of hydrogen-bond acceptors (Lipinski definition) is 1. The van der Waals surface area contributed by atoms with Crippen LogP contribution in [0.3, 0.4) is 0 Å². The number of alkyl halides is 3. The van der Waals surface area contributed by atoms with Gasteiger partial charge in [-0.3, -0.25) is 0 Å². The second-order valence-electron chi connectivity index (χ2n) is 3.63. The lowest BCUT2D eigenvalue weighted by Crippen LogP contribution is -2.09. The first kappa shape index (κ1) is 13.0.